The lowest BCUT2D eigenvalue weighted by molar-refractivity contribution is 0.459. The second-order valence-corrected chi connectivity index (χ2v) is 9.87. The Balaban J connectivity index is 3.12. The maximum absolute atomic E-state index is 4.41. The minimum absolute atomic E-state index is 0.719. The summed E-state index contributed by atoms with van der Waals surface area (Å²) >= 11 is 0. The molecule has 1 radical (unpaired) electrons. The highest BCUT2D eigenvalue weighted by Crippen LogP contribution is 2.19. The van der Waals surface area contributed by atoms with Crippen molar-refractivity contribution in [3.63, 3.8) is 0 Å². The Morgan fingerprint density at radius 1 is 0.345 bits per heavy atom. The molecule has 0 amide bonds. The van der Waals surface area contributed by atoms with Gasteiger partial charge in [-0.1, -0.05) is 181 Å². The molecule has 0 aliphatic heterocycles. The fraction of sp³-hybridized carbons (Fsp3) is 0.966. The Labute approximate surface area is 187 Å². The molecule has 175 valence electrons. The Bertz CT molecular complexity index is 269. The van der Waals surface area contributed by atoms with Crippen LogP contribution in [0.3, 0.4) is 0 Å². The molecule has 0 spiro atoms. The van der Waals surface area contributed by atoms with Gasteiger partial charge in [0.25, 0.3) is 0 Å². The monoisotopic (exact) mass is 407 g/mol. The average Bonchev–Trinajstić information content (AvgIpc) is 2.72. The van der Waals surface area contributed by atoms with Crippen molar-refractivity contribution in [1.29, 1.82) is 0 Å². The molecule has 0 aliphatic rings. The molecule has 0 nitrogen and oxygen atoms in total. The second-order valence-electron chi connectivity index (χ2n) is 9.87. The van der Waals surface area contributed by atoms with Gasteiger partial charge in [0.2, 0.25) is 0 Å². The minimum atomic E-state index is 0.719. The van der Waals surface area contributed by atoms with Gasteiger partial charge in [-0.3, -0.25) is 0 Å². The number of unbranched alkanes of at least 4 members (excludes halogenated alkanes) is 21. The van der Waals surface area contributed by atoms with E-state index in [1.165, 1.54) is 161 Å². The van der Waals surface area contributed by atoms with Crippen LogP contribution in [0, 0.1) is 12.8 Å². The van der Waals surface area contributed by atoms with E-state index in [1.54, 1.807) is 0 Å². The van der Waals surface area contributed by atoms with Crippen LogP contribution in [0.4, 0.5) is 0 Å². The molecule has 1 unspecified atom stereocenters. The van der Waals surface area contributed by atoms with Crippen LogP contribution in [0.1, 0.15) is 174 Å². The van der Waals surface area contributed by atoms with Crippen molar-refractivity contribution in [3.8, 4) is 0 Å². The lowest BCUT2D eigenvalue weighted by Gasteiger charge is -2.11. The van der Waals surface area contributed by atoms with Gasteiger partial charge >= 0.3 is 0 Å². The molecule has 0 aromatic carbocycles. The summed E-state index contributed by atoms with van der Waals surface area (Å²) in [6.45, 7) is 9.01. The van der Waals surface area contributed by atoms with Gasteiger partial charge < -0.3 is 0 Å². The summed E-state index contributed by atoms with van der Waals surface area (Å²) in [4.78, 5) is 0. The van der Waals surface area contributed by atoms with Crippen LogP contribution in [-0.4, -0.2) is 0 Å². The van der Waals surface area contributed by atoms with E-state index in [2.05, 4.69) is 20.8 Å². The van der Waals surface area contributed by atoms with E-state index in [1.807, 2.05) is 0 Å². The molecule has 0 saturated carbocycles. The zero-order valence-corrected chi connectivity index (χ0v) is 21.0. The van der Waals surface area contributed by atoms with Gasteiger partial charge in [-0.2, -0.15) is 0 Å². The quantitative estimate of drug-likeness (QED) is 0.132. The summed E-state index contributed by atoms with van der Waals surface area (Å²) in [7, 11) is 0. The van der Waals surface area contributed by atoms with E-state index in [-0.39, 0.29) is 0 Å². The van der Waals surface area contributed by atoms with Crippen molar-refractivity contribution >= 4 is 0 Å². The lowest BCUT2D eigenvalue weighted by Crippen LogP contribution is -1.95. The van der Waals surface area contributed by atoms with Gasteiger partial charge in [-0.15, -0.1) is 0 Å². The third-order valence-corrected chi connectivity index (χ3v) is 6.68. The van der Waals surface area contributed by atoms with Crippen molar-refractivity contribution in [2.75, 3.05) is 0 Å². The molecule has 0 heterocycles. The second kappa shape index (κ2) is 26.0. The first-order chi connectivity index (χ1) is 14.3. The molecule has 0 bridgehead atoms. The first kappa shape index (κ1) is 29.0. The van der Waals surface area contributed by atoms with Gasteiger partial charge in [0.1, 0.15) is 0 Å². The van der Waals surface area contributed by atoms with Crippen LogP contribution in [-0.2, 0) is 0 Å². The molecule has 0 aromatic heterocycles. The number of hydrogen-bond donors (Lipinski definition) is 0. The molecular formula is C29H59. The van der Waals surface area contributed by atoms with Crippen molar-refractivity contribution in [2.45, 2.75) is 174 Å². The molecule has 0 fully saturated rings. The van der Waals surface area contributed by atoms with Gasteiger partial charge in [0, 0.05) is 0 Å². The summed E-state index contributed by atoms with van der Waals surface area (Å²) in [6.07, 6.45) is 36.1. The number of rotatable bonds is 25. The van der Waals surface area contributed by atoms with E-state index in [0.29, 0.717) is 0 Å². The van der Waals surface area contributed by atoms with Crippen LogP contribution >= 0.6 is 0 Å². The van der Waals surface area contributed by atoms with Gasteiger partial charge in [-0.05, 0) is 5.92 Å². The third kappa shape index (κ3) is 26.0. The summed E-state index contributed by atoms with van der Waals surface area (Å²) in [5.74, 6) is 0.719. The highest BCUT2D eigenvalue weighted by molar-refractivity contribution is 4.62. The topological polar surface area (TPSA) is 0 Å². The first-order valence-corrected chi connectivity index (χ1v) is 14.1. The van der Waals surface area contributed by atoms with Crippen molar-refractivity contribution < 1.29 is 0 Å². The predicted octanol–water partition coefficient (Wildman–Crippen LogP) is 11.2. The molecule has 0 heteroatoms. The fourth-order valence-electron chi connectivity index (χ4n) is 4.52. The van der Waals surface area contributed by atoms with E-state index in [9.17, 15) is 0 Å². The molecule has 1 atom stereocenters. The van der Waals surface area contributed by atoms with E-state index in [4.69, 9.17) is 0 Å². The molecule has 0 aromatic rings. The molecule has 0 rings (SSSR count). The standard InChI is InChI=1S/C29H59/c1-4-6-8-10-12-14-16-18-20-22-24-26-28-29(3)27-25-23-21-19-17-15-13-11-9-7-5-2/h29H,3-28H2,1-2H3. The zero-order chi connectivity index (χ0) is 21.3. The molecular weight excluding hydrogens is 348 g/mol. The molecule has 0 aliphatic carbocycles. The average molecular weight is 408 g/mol. The first-order valence-electron chi connectivity index (χ1n) is 14.1. The van der Waals surface area contributed by atoms with Crippen LogP contribution < -0.4 is 0 Å². The Morgan fingerprint density at radius 2 is 0.552 bits per heavy atom. The number of hydrogen-bond acceptors (Lipinski definition) is 0. The smallest absolute Gasteiger partial charge is 0.0414 e. The maximum atomic E-state index is 4.41. The summed E-state index contributed by atoms with van der Waals surface area (Å²) in [6, 6.07) is 0. The van der Waals surface area contributed by atoms with E-state index in [0.717, 1.165) is 5.92 Å². The Morgan fingerprint density at radius 3 is 0.793 bits per heavy atom. The van der Waals surface area contributed by atoms with Gasteiger partial charge in [-0.25, -0.2) is 0 Å². The van der Waals surface area contributed by atoms with Crippen LogP contribution in [0.15, 0.2) is 0 Å². The van der Waals surface area contributed by atoms with Crippen molar-refractivity contribution in [3.05, 3.63) is 6.92 Å². The van der Waals surface area contributed by atoms with E-state index < -0.39 is 0 Å². The fourth-order valence-corrected chi connectivity index (χ4v) is 4.52. The van der Waals surface area contributed by atoms with Crippen molar-refractivity contribution in [2.24, 2.45) is 5.92 Å². The minimum Gasteiger partial charge on any atom is -0.0654 e. The van der Waals surface area contributed by atoms with Gasteiger partial charge in [0.15, 0.2) is 0 Å². The van der Waals surface area contributed by atoms with Crippen LogP contribution in [0.2, 0.25) is 0 Å². The molecule has 0 saturated heterocycles. The van der Waals surface area contributed by atoms with Crippen molar-refractivity contribution in [1.82, 2.24) is 0 Å². The lowest BCUT2D eigenvalue weighted by atomic mass is 9.95. The summed E-state index contributed by atoms with van der Waals surface area (Å²) in [5, 5.41) is 0. The van der Waals surface area contributed by atoms with E-state index >= 15 is 0 Å². The maximum Gasteiger partial charge on any atom is -0.0414 e. The summed E-state index contributed by atoms with van der Waals surface area (Å²) in [5.41, 5.74) is 0. The highest BCUT2D eigenvalue weighted by Gasteiger charge is 2.02. The van der Waals surface area contributed by atoms with Gasteiger partial charge in [0.05, 0.1) is 0 Å². The molecule has 0 N–H and O–H groups in total. The largest absolute Gasteiger partial charge is 0.0654 e. The van der Waals surface area contributed by atoms with Crippen LogP contribution in [0.25, 0.3) is 0 Å². The zero-order valence-electron chi connectivity index (χ0n) is 21.0. The predicted molar refractivity (Wildman–Crippen MR) is 136 cm³/mol. The summed E-state index contributed by atoms with van der Waals surface area (Å²) < 4.78 is 0. The molecule has 29 heavy (non-hydrogen) atoms. The normalized spacial score (nSPS) is 12.5. The SMILES string of the molecule is [CH2]C(CCCCCCCCCCCCC)CCCCCCCCCCCCCC. The third-order valence-electron chi connectivity index (χ3n) is 6.68. The highest BCUT2D eigenvalue weighted by atomic mass is 14.1. The Kier molecular flexibility index (Phi) is 26.0. The van der Waals surface area contributed by atoms with Crippen LogP contribution in [0.5, 0.6) is 0 Å². The Hall–Kier alpha value is 0.